The van der Waals surface area contributed by atoms with Crippen LogP contribution in [0.5, 0.6) is 0 Å². The highest BCUT2D eigenvalue weighted by Crippen LogP contribution is 2.26. The summed E-state index contributed by atoms with van der Waals surface area (Å²) in [5.74, 6) is 0.0520. The maximum atomic E-state index is 12.3. The van der Waals surface area contributed by atoms with Gasteiger partial charge in [0.1, 0.15) is 0 Å². The number of hydrogen-bond donors (Lipinski definition) is 1. The SMILES string of the molecule is Cn1cc(Br)c2ccc(C(=O)NC3CCCCC3)cc21. The Bertz CT molecular complexity index is 641. The minimum Gasteiger partial charge on any atom is -0.349 e. The van der Waals surface area contributed by atoms with Gasteiger partial charge in [0.2, 0.25) is 0 Å². The number of hydrogen-bond acceptors (Lipinski definition) is 1. The number of halogens is 1. The van der Waals surface area contributed by atoms with Crippen LogP contribution in [0.2, 0.25) is 0 Å². The normalized spacial score (nSPS) is 16.5. The Labute approximate surface area is 127 Å². The topological polar surface area (TPSA) is 34.0 Å². The van der Waals surface area contributed by atoms with Crippen molar-refractivity contribution in [3.8, 4) is 0 Å². The molecular formula is C16H19BrN2O. The number of nitrogens with one attached hydrogen (secondary N) is 1. The van der Waals surface area contributed by atoms with Crippen molar-refractivity contribution in [3.63, 3.8) is 0 Å². The van der Waals surface area contributed by atoms with Crippen LogP contribution in [0.4, 0.5) is 0 Å². The summed E-state index contributed by atoms with van der Waals surface area (Å²) < 4.78 is 3.10. The molecule has 0 saturated heterocycles. The average molecular weight is 335 g/mol. The summed E-state index contributed by atoms with van der Waals surface area (Å²) in [5, 5.41) is 4.31. The molecule has 1 heterocycles. The van der Waals surface area contributed by atoms with E-state index in [1.54, 1.807) is 0 Å². The van der Waals surface area contributed by atoms with Gasteiger partial charge in [0.15, 0.2) is 0 Å². The van der Waals surface area contributed by atoms with Gasteiger partial charge in [-0.1, -0.05) is 25.3 Å². The maximum absolute atomic E-state index is 12.3. The summed E-state index contributed by atoms with van der Waals surface area (Å²) in [4.78, 5) is 12.3. The van der Waals surface area contributed by atoms with E-state index in [0.717, 1.165) is 33.8 Å². The van der Waals surface area contributed by atoms with Gasteiger partial charge in [-0.3, -0.25) is 4.79 Å². The van der Waals surface area contributed by atoms with E-state index in [2.05, 4.69) is 21.2 Å². The van der Waals surface area contributed by atoms with E-state index in [0.29, 0.717) is 6.04 Å². The quantitative estimate of drug-likeness (QED) is 0.884. The van der Waals surface area contributed by atoms with Crippen molar-refractivity contribution in [2.75, 3.05) is 0 Å². The third-order valence-corrected chi connectivity index (χ3v) is 4.78. The van der Waals surface area contributed by atoms with E-state index in [4.69, 9.17) is 0 Å². The first kappa shape index (κ1) is 13.7. The Morgan fingerprint density at radius 1 is 1.30 bits per heavy atom. The van der Waals surface area contributed by atoms with E-state index in [1.165, 1.54) is 19.3 Å². The summed E-state index contributed by atoms with van der Waals surface area (Å²) in [6.07, 6.45) is 8.01. The lowest BCUT2D eigenvalue weighted by atomic mass is 9.95. The monoisotopic (exact) mass is 334 g/mol. The molecule has 3 nitrogen and oxygen atoms in total. The van der Waals surface area contributed by atoms with Crippen molar-refractivity contribution in [2.24, 2.45) is 7.05 Å². The molecule has 0 atom stereocenters. The molecule has 1 aliphatic carbocycles. The number of aromatic nitrogens is 1. The number of carbonyl (C=O) groups excluding carboxylic acids is 1. The standard InChI is InChI=1S/C16H19BrN2O/c1-19-10-14(17)13-8-7-11(9-15(13)19)16(20)18-12-5-3-2-4-6-12/h7-10,12H,2-6H2,1H3,(H,18,20). The van der Waals surface area contributed by atoms with Crippen LogP contribution in [-0.4, -0.2) is 16.5 Å². The lowest BCUT2D eigenvalue weighted by Gasteiger charge is -2.22. The minimum atomic E-state index is 0.0520. The molecular weight excluding hydrogens is 316 g/mol. The average Bonchev–Trinajstić information content (AvgIpc) is 2.75. The van der Waals surface area contributed by atoms with E-state index >= 15 is 0 Å². The fourth-order valence-corrected chi connectivity index (χ4v) is 3.63. The number of rotatable bonds is 2. The van der Waals surface area contributed by atoms with Gasteiger partial charge >= 0.3 is 0 Å². The summed E-state index contributed by atoms with van der Waals surface area (Å²) >= 11 is 3.54. The molecule has 0 unspecified atom stereocenters. The zero-order valence-corrected chi connectivity index (χ0v) is 13.2. The summed E-state index contributed by atoms with van der Waals surface area (Å²) in [5.41, 5.74) is 1.82. The van der Waals surface area contributed by atoms with Gasteiger partial charge in [0, 0.05) is 40.2 Å². The van der Waals surface area contributed by atoms with Crippen molar-refractivity contribution in [1.82, 2.24) is 9.88 Å². The molecule has 4 heteroatoms. The minimum absolute atomic E-state index is 0.0520. The number of nitrogens with zero attached hydrogens (tertiary/aromatic N) is 1. The summed E-state index contributed by atoms with van der Waals surface area (Å²) in [7, 11) is 2.00. The van der Waals surface area contributed by atoms with Crippen molar-refractivity contribution >= 4 is 32.7 Å². The number of amides is 1. The van der Waals surface area contributed by atoms with Gasteiger partial charge in [-0.05, 0) is 40.9 Å². The highest BCUT2D eigenvalue weighted by Gasteiger charge is 2.17. The van der Waals surface area contributed by atoms with E-state index in [-0.39, 0.29) is 5.91 Å². The molecule has 106 valence electrons. The predicted octanol–water partition coefficient (Wildman–Crippen LogP) is 4.00. The van der Waals surface area contributed by atoms with Crippen LogP contribution in [0, 0.1) is 0 Å². The molecule has 1 aliphatic rings. The maximum Gasteiger partial charge on any atom is 0.251 e. The molecule has 1 aromatic carbocycles. The third-order valence-electron chi connectivity index (χ3n) is 4.14. The molecule has 1 N–H and O–H groups in total. The van der Waals surface area contributed by atoms with Crippen LogP contribution in [0.3, 0.4) is 0 Å². The van der Waals surface area contributed by atoms with Crippen LogP contribution in [-0.2, 0) is 7.05 Å². The Morgan fingerprint density at radius 3 is 2.80 bits per heavy atom. The van der Waals surface area contributed by atoms with Gasteiger partial charge in [-0.25, -0.2) is 0 Å². The smallest absolute Gasteiger partial charge is 0.251 e. The molecule has 0 spiro atoms. The van der Waals surface area contributed by atoms with Crippen molar-refractivity contribution in [2.45, 2.75) is 38.1 Å². The molecule has 1 fully saturated rings. The molecule has 1 aromatic heterocycles. The van der Waals surface area contributed by atoms with Crippen molar-refractivity contribution in [3.05, 3.63) is 34.4 Å². The molecule has 3 rings (SSSR count). The molecule has 1 amide bonds. The molecule has 1 saturated carbocycles. The van der Waals surface area contributed by atoms with Crippen LogP contribution < -0.4 is 5.32 Å². The molecule has 2 aromatic rings. The molecule has 0 bridgehead atoms. The van der Waals surface area contributed by atoms with Gasteiger partial charge in [0.05, 0.1) is 0 Å². The lowest BCUT2D eigenvalue weighted by molar-refractivity contribution is 0.0928. The van der Waals surface area contributed by atoms with Crippen molar-refractivity contribution in [1.29, 1.82) is 0 Å². The molecule has 0 aliphatic heterocycles. The number of fused-ring (bicyclic) bond motifs is 1. The van der Waals surface area contributed by atoms with Gasteiger partial charge in [-0.2, -0.15) is 0 Å². The van der Waals surface area contributed by atoms with Gasteiger partial charge in [0.25, 0.3) is 5.91 Å². The highest BCUT2D eigenvalue weighted by molar-refractivity contribution is 9.10. The number of carbonyl (C=O) groups is 1. The summed E-state index contributed by atoms with van der Waals surface area (Å²) in [6, 6.07) is 6.24. The predicted molar refractivity (Wildman–Crippen MR) is 85.0 cm³/mol. The summed E-state index contributed by atoms with van der Waals surface area (Å²) in [6.45, 7) is 0. The second kappa shape index (κ2) is 5.60. The number of aryl methyl sites for hydroxylation is 1. The Kier molecular flexibility index (Phi) is 3.83. The van der Waals surface area contributed by atoms with Crippen LogP contribution in [0.15, 0.2) is 28.9 Å². The van der Waals surface area contributed by atoms with Crippen molar-refractivity contribution < 1.29 is 4.79 Å². The number of benzene rings is 1. The first-order valence-electron chi connectivity index (χ1n) is 7.20. The Hall–Kier alpha value is -1.29. The second-order valence-corrected chi connectivity index (χ2v) is 6.48. The first-order chi connectivity index (χ1) is 9.65. The second-order valence-electron chi connectivity index (χ2n) is 5.63. The van der Waals surface area contributed by atoms with Crippen LogP contribution in [0.1, 0.15) is 42.5 Å². The van der Waals surface area contributed by atoms with Crippen LogP contribution in [0.25, 0.3) is 10.9 Å². The van der Waals surface area contributed by atoms with Gasteiger partial charge < -0.3 is 9.88 Å². The van der Waals surface area contributed by atoms with Gasteiger partial charge in [-0.15, -0.1) is 0 Å². The molecule has 20 heavy (non-hydrogen) atoms. The fourth-order valence-electron chi connectivity index (χ4n) is 2.99. The zero-order valence-electron chi connectivity index (χ0n) is 11.7. The Morgan fingerprint density at radius 2 is 2.05 bits per heavy atom. The Balaban J connectivity index is 1.82. The zero-order chi connectivity index (χ0) is 14.1. The van der Waals surface area contributed by atoms with E-state index < -0.39 is 0 Å². The first-order valence-corrected chi connectivity index (χ1v) is 8.00. The highest BCUT2D eigenvalue weighted by atomic mass is 79.9. The third kappa shape index (κ3) is 2.62. The largest absolute Gasteiger partial charge is 0.349 e. The van der Waals surface area contributed by atoms with Crippen LogP contribution >= 0.6 is 15.9 Å². The fraction of sp³-hybridized carbons (Fsp3) is 0.438. The van der Waals surface area contributed by atoms with E-state index in [1.807, 2.05) is 36.0 Å². The van der Waals surface area contributed by atoms with E-state index in [9.17, 15) is 4.79 Å². The molecule has 0 radical (unpaired) electrons. The lowest BCUT2D eigenvalue weighted by Crippen LogP contribution is -2.36.